The molecule has 16 nitrogen and oxygen atoms in total. The highest BCUT2D eigenvalue weighted by atomic mass is 16.4. The molecule has 7 N–H and O–H groups in total. The Balaban J connectivity index is 1.54. The van der Waals surface area contributed by atoms with Gasteiger partial charge in [-0.15, -0.1) is 0 Å². The third-order valence-corrected chi connectivity index (χ3v) is 8.02. The average Bonchev–Trinajstić information content (AvgIpc) is 2.99. The molecule has 0 aromatic rings. The highest BCUT2D eigenvalue weighted by Crippen LogP contribution is 2.24. The highest BCUT2D eigenvalue weighted by molar-refractivity contribution is 5.95. The summed E-state index contributed by atoms with van der Waals surface area (Å²) < 4.78 is 0. The van der Waals surface area contributed by atoms with Crippen LogP contribution >= 0.6 is 0 Å². The number of aliphatic hydroxyl groups excluding tert-OH is 2. The first-order chi connectivity index (χ1) is 19.5. The van der Waals surface area contributed by atoms with Gasteiger partial charge in [-0.05, 0) is 44.4 Å². The molecule has 4 fully saturated rings. The monoisotopic (exact) mass is 582 g/mol. The molecule has 0 aliphatic carbocycles. The zero-order valence-electron chi connectivity index (χ0n) is 23.5. The van der Waals surface area contributed by atoms with E-state index in [-0.39, 0.29) is 25.3 Å². The Hall–Kier alpha value is -2.89. The summed E-state index contributed by atoms with van der Waals surface area (Å²) in [5, 5.41) is 34.5. The number of amides is 4. The lowest BCUT2D eigenvalue weighted by Gasteiger charge is -2.45. The maximum absolute atomic E-state index is 14.0. The Morgan fingerprint density at radius 1 is 0.683 bits per heavy atom. The second kappa shape index (κ2) is 13.4. The Morgan fingerprint density at radius 3 is 1.54 bits per heavy atom. The standard InChI is InChI=1S/C25H42N8O8/c1-14(2)20(35)24(39)32-18(8-5-11-28-32)22(37)30-16(6-3-9-26-30)21(36)31-17(7-4-10-27-31)23(38)33-19(25(40)41)12-15(34)13-29-33/h14-20,26-29,34-35H,3-13H2,1-2H3,(H,40,41). The van der Waals surface area contributed by atoms with Crippen LogP contribution in [0.3, 0.4) is 0 Å². The minimum Gasteiger partial charge on any atom is -0.480 e. The molecule has 4 heterocycles. The largest absolute Gasteiger partial charge is 0.480 e. The van der Waals surface area contributed by atoms with E-state index in [4.69, 9.17) is 0 Å². The number of hydrazine groups is 4. The fraction of sp³-hybridized carbons (Fsp3) is 0.800. The Kier molecular flexibility index (Phi) is 10.1. The lowest BCUT2D eigenvalue weighted by Crippen LogP contribution is -2.70. The second-order valence-electron chi connectivity index (χ2n) is 11.3. The van der Waals surface area contributed by atoms with Gasteiger partial charge in [-0.3, -0.25) is 39.2 Å². The van der Waals surface area contributed by atoms with Crippen LogP contribution in [0.2, 0.25) is 0 Å². The van der Waals surface area contributed by atoms with Gasteiger partial charge in [-0.1, -0.05) is 13.8 Å². The molecule has 4 amide bonds. The molecule has 230 valence electrons. The highest BCUT2D eigenvalue weighted by Gasteiger charge is 2.47. The van der Waals surface area contributed by atoms with Crippen LogP contribution < -0.4 is 21.7 Å². The third-order valence-electron chi connectivity index (χ3n) is 8.02. The minimum absolute atomic E-state index is 0.00537. The molecule has 41 heavy (non-hydrogen) atoms. The van der Waals surface area contributed by atoms with Crippen molar-refractivity contribution >= 4 is 29.6 Å². The van der Waals surface area contributed by atoms with Crippen molar-refractivity contribution in [3.8, 4) is 0 Å². The van der Waals surface area contributed by atoms with Gasteiger partial charge in [0.1, 0.15) is 30.3 Å². The van der Waals surface area contributed by atoms with Crippen LogP contribution in [0, 0.1) is 5.92 Å². The zero-order valence-corrected chi connectivity index (χ0v) is 23.5. The lowest BCUT2D eigenvalue weighted by atomic mass is 9.99. The molecule has 16 heteroatoms. The molecule has 0 aromatic heterocycles. The normalized spacial score (nSPS) is 30.2. The number of carbonyl (C=O) groups excluding carboxylic acids is 4. The van der Waals surface area contributed by atoms with Crippen molar-refractivity contribution in [2.45, 2.75) is 95.2 Å². The molecule has 0 spiro atoms. The molecule has 4 saturated heterocycles. The average molecular weight is 583 g/mol. The van der Waals surface area contributed by atoms with Crippen LogP contribution in [0.25, 0.3) is 0 Å². The molecule has 4 aliphatic rings. The smallest absolute Gasteiger partial charge is 0.328 e. The molecular weight excluding hydrogens is 540 g/mol. The number of carboxylic acids is 1. The molecule has 0 saturated carbocycles. The number of carboxylic acid groups (broad SMARTS) is 1. The first-order valence-electron chi connectivity index (χ1n) is 14.4. The van der Waals surface area contributed by atoms with Crippen molar-refractivity contribution in [3.05, 3.63) is 0 Å². The Morgan fingerprint density at radius 2 is 1.10 bits per heavy atom. The number of carbonyl (C=O) groups is 5. The van der Waals surface area contributed by atoms with Crippen molar-refractivity contribution in [1.29, 1.82) is 0 Å². The van der Waals surface area contributed by atoms with Crippen LogP contribution in [0.5, 0.6) is 0 Å². The summed E-state index contributed by atoms with van der Waals surface area (Å²) in [5.74, 6) is -3.91. The number of β-amino-alcohol motifs (C(OH)–C–C–N with tert-alkyl or cyclic N) is 1. The maximum Gasteiger partial charge on any atom is 0.328 e. The maximum atomic E-state index is 14.0. The first-order valence-corrected chi connectivity index (χ1v) is 14.4. The number of nitrogens with zero attached hydrogens (tertiary/aromatic N) is 4. The van der Waals surface area contributed by atoms with E-state index in [1.165, 1.54) is 15.0 Å². The Bertz CT molecular complexity index is 1010. The van der Waals surface area contributed by atoms with Crippen molar-refractivity contribution in [2.24, 2.45) is 5.92 Å². The summed E-state index contributed by atoms with van der Waals surface area (Å²) in [4.78, 5) is 66.2. The van der Waals surface area contributed by atoms with E-state index in [1.54, 1.807) is 13.8 Å². The van der Waals surface area contributed by atoms with Gasteiger partial charge >= 0.3 is 5.97 Å². The van der Waals surface area contributed by atoms with Crippen LogP contribution in [0.15, 0.2) is 0 Å². The van der Waals surface area contributed by atoms with Gasteiger partial charge in [0.2, 0.25) is 0 Å². The van der Waals surface area contributed by atoms with Crippen LogP contribution in [0.1, 0.15) is 58.8 Å². The number of rotatable bonds is 6. The molecule has 6 atom stereocenters. The SMILES string of the molecule is CC(C)C(O)C(=O)N1NCCCC1C(=O)N1NCCCC1C(=O)N1NCCCC1C(=O)N1NCC(O)CC1C(=O)O. The predicted molar refractivity (Wildman–Crippen MR) is 141 cm³/mol. The van der Waals surface area contributed by atoms with Gasteiger partial charge in [0.15, 0.2) is 0 Å². The molecule has 4 rings (SSSR count). The van der Waals surface area contributed by atoms with Gasteiger partial charge < -0.3 is 15.3 Å². The number of hydrogen-bond acceptors (Lipinski definition) is 11. The van der Waals surface area contributed by atoms with Crippen molar-refractivity contribution in [2.75, 3.05) is 26.2 Å². The molecule has 0 radical (unpaired) electrons. The van der Waals surface area contributed by atoms with Crippen molar-refractivity contribution < 1.29 is 39.3 Å². The van der Waals surface area contributed by atoms with Gasteiger partial charge in [-0.2, -0.15) is 0 Å². The van der Waals surface area contributed by atoms with E-state index in [0.29, 0.717) is 51.7 Å². The van der Waals surface area contributed by atoms with E-state index in [0.717, 1.165) is 5.01 Å². The molecular formula is C25H42N8O8. The summed E-state index contributed by atoms with van der Waals surface area (Å²) in [7, 11) is 0. The zero-order chi connectivity index (χ0) is 29.8. The van der Waals surface area contributed by atoms with Gasteiger partial charge in [0, 0.05) is 32.6 Å². The molecule has 0 aromatic carbocycles. The second-order valence-corrected chi connectivity index (χ2v) is 11.3. The van der Waals surface area contributed by atoms with E-state index in [1.807, 2.05) is 0 Å². The number of hydrogen-bond donors (Lipinski definition) is 7. The lowest BCUT2D eigenvalue weighted by molar-refractivity contribution is -0.171. The number of nitrogens with one attached hydrogen (secondary N) is 4. The summed E-state index contributed by atoms with van der Waals surface area (Å²) in [6.07, 6.45) is 0.299. The molecule has 0 bridgehead atoms. The summed E-state index contributed by atoms with van der Waals surface area (Å²) >= 11 is 0. The van der Waals surface area contributed by atoms with Gasteiger partial charge in [0.25, 0.3) is 23.6 Å². The molecule has 6 unspecified atom stereocenters. The van der Waals surface area contributed by atoms with E-state index in [2.05, 4.69) is 21.7 Å². The van der Waals surface area contributed by atoms with Gasteiger partial charge in [-0.25, -0.2) is 26.5 Å². The predicted octanol–water partition coefficient (Wildman–Crippen LogP) is -2.96. The number of aliphatic hydroxyl groups is 2. The first kappa shape index (κ1) is 31.1. The summed E-state index contributed by atoms with van der Waals surface area (Å²) in [5.41, 5.74) is 11.6. The van der Waals surface area contributed by atoms with Crippen LogP contribution in [-0.2, 0) is 24.0 Å². The van der Waals surface area contributed by atoms with E-state index < -0.39 is 66.0 Å². The third kappa shape index (κ3) is 6.62. The summed E-state index contributed by atoms with van der Waals surface area (Å²) in [6, 6.07) is -4.27. The fourth-order valence-electron chi connectivity index (χ4n) is 5.71. The van der Waals surface area contributed by atoms with Crippen LogP contribution in [0.4, 0.5) is 0 Å². The minimum atomic E-state index is -1.30. The van der Waals surface area contributed by atoms with Crippen molar-refractivity contribution in [3.63, 3.8) is 0 Å². The van der Waals surface area contributed by atoms with E-state index >= 15 is 0 Å². The summed E-state index contributed by atoms with van der Waals surface area (Å²) in [6.45, 7) is 4.68. The number of aliphatic carboxylic acids is 1. The Labute approximate surface area is 238 Å². The van der Waals surface area contributed by atoms with Gasteiger partial charge in [0.05, 0.1) is 6.10 Å². The van der Waals surface area contributed by atoms with Crippen molar-refractivity contribution in [1.82, 2.24) is 41.7 Å². The fourth-order valence-corrected chi connectivity index (χ4v) is 5.71. The van der Waals surface area contributed by atoms with E-state index in [9.17, 15) is 39.3 Å². The topological polar surface area (TPSA) is 207 Å². The van der Waals surface area contributed by atoms with Crippen LogP contribution in [-0.4, -0.2) is 128 Å². The quantitative estimate of drug-likeness (QED) is 0.168. The molecule has 4 aliphatic heterocycles.